The molecule has 1 nitrogen and oxygen atoms in total. The maximum absolute atomic E-state index is 15.2. The van der Waals surface area contributed by atoms with Crippen LogP contribution in [-0.4, -0.2) is 6.10 Å². The lowest BCUT2D eigenvalue weighted by Gasteiger charge is -2.31. The number of hydrogen-bond acceptors (Lipinski definition) is 1. The van der Waals surface area contributed by atoms with Crippen LogP contribution in [0.1, 0.15) is 74.5 Å². The summed E-state index contributed by atoms with van der Waals surface area (Å²) >= 11 is 5.73. The monoisotopic (exact) mass is 612 g/mol. The molecule has 5 rings (SSSR count). The van der Waals surface area contributed by atoms with E-state index in [2.05, 4.69) is 6.92 Å². The van der Waals surface area contributed by atoms with Crippen LogP contribution in [0.5, 0.6) is 0 Å². The number of hydrogen-bond donors (Lipinski definition) is 0. The van der Waals surface area contributed by atoms with E-state index >= 15 is 4.39 Å². The molecule has 1 aliphatic carbocycles. The topological polar surface area (TPSA) is 9.23 Å². The maximum atomic E-state index is 15.2. The van der Waals surface area contributed by atoms with Crippen molar-refractivity contribution in [1.29, 1.82) is 0 Å². The van der Waals surface area contributed by atoms with Crippen molar-refractivity contribution in [2.45, 2.75) is 76.4 Å². The fraction of sp³-hybridized carbons (Fsp3) is 0.333. The molecular weight excluding hydrogens is 579 g/mol. The Bertz CT molecular complexity index is 1540. The number of halogens is 6. The summed E-state index contributed by atoms with van der Waals surface area (Å²) in [6.07, 6.45) is 2.25. The van der Waals surface area contributed by atoms with Gasteiger partial charge in [-0.05, 0) is 91.0 Å². The van der Waals surface area contributed by atoms with E-state index in [0.29, 0.717) is 36.8 Å². The molecule has 0 saturated heterocycles. The second kappa shape index (κ2) is 13.6. The average molecular weight is 613 g/mol. The zero-order chi connectivity index (χ0) is 30.6. The van der Waals surface area contributed by atoms with Crippen molar-refractivity contribution < 1.29 is 26.7 Å². The number of ether oxygens (including phenoxy) is 1. The second-order valence-electron chi connectivity index (χ2n) is 11.3. The molecule has 4 aromatic rings. The van der Waals surface area contributed by atoms with Gasteiger partial charge in [0.25, 0.3) is 0 Å². The zero-order valence-electron chi connectivity index (χ0n) is 24.0. The number of benzene rings is 4. The summed E-state index contributed by atoms with van der Waals surface area (Å²) in [5, 5.41) is -0.0551. The van der Waals surface area contributed by atoms with Crippen molar-refractivity contribution in [1.82, 2.24) is 0 Å². The molecule has 0 aromatic heterocycles. The molecule has 0 heterocycles. The predicted molar refractivity (Wildman–Crippen MR) is 162 cm³/mol. The summed E-state index contributed by atoms with van der Waals surface area (Å²) in [5.41, 5.74) is 2.78. The fourth-order valence-electron chi connectivity index (χ4n) is 5.84. The molecule has 0 unspecified atom stereocenters. The number of alkyl halides is 2. The minimum absolute atomic E-state index is 0.0124. The molecule has 7 heteroatoms. The molecule has 226 valence electrons. The highest BCUT2D eigenvalue weighted by molar-refractivity contribution is 6.30. The van der Waals surface area contributed by atoms with Crippen LogP contribution < -0.4 is 0 Å². The highest BCUT2D eigenvalue weighted by Crippen LogP contribution is 2.40. The average Bonchev–Trinajstić information content (AvgIpc) is 2.99. The van der Waals surface area contributed by atoms with E-state index < -0.39 is 29.7 Å². The van der Waals surface area contributed by atoms with Gasteiger partial charge in [0.2, 0.25) is 0 Å². The third kappa shape index (κ3) is 7.47. The number of aryl methyl sites for hydroxylation is 1. The molecule has 43 heavy (non-hydrogen) atoms. The van der Waals surface area contributed by atoms with Crippen LogP contribution in [0.15, 0.2) is 78.9 Å². The Morgan fingerprint density at radius 1 is 0.721 bits per heavy atom. The first-order valence-electron chi connectivity index (χ1n) is 14.8. The normalized spacial score (nSPS) is 17.3. The van der Waals surface area contributed by atoms with Gasteiger partial charge in [0.15, 0.2) is 0 Å². The van der Waals surface area contributed by atoms with Gasteiger partial charge >= 0.3 is 6.11 Å². The van der Waals surface area contributed by atoms with Gasteiger partial charge in [-0.2, -0.15) is 8.78 Å². The molecule has 1 aliphatic rings. The lowest BCUT2D eigenvalue weighted by Crippen LogP contribution is -2.29. The molecule has 0 amide bonds. The Labute approximate surface area is 254 Å². The van der Waals surface area contributed by atoms with E-state index in [1.54, 1.807) is 30.3 Å². The molecule has 0 spiro atoms. The van der Waals surface area contributed by atoms with Gasteiger partial charge < -0.3 is 4.74 Å². The molecule has 0 N–H and O–H groups in total. The van der Waals surface area contributed by atoms with E-state index in [9.17, 15) is 17.6 Å². The molecule has 4 aromatic carbocycles. The molecule has 1 saturated carbocycles. The van der Waals surface area contributed by atoms with E-state index in [0.717, 1.165) is 42.9 Å². The smallest absolute Gasteiger partial charge is 0.313 e. The van der Waals surface area contributed by atoms with Gasteiger partial charge in [0.05, 0.1) is 16.7 Å². The molecule has 1 fully saturated rings. The summed E-state index contributed by atoms with van der Waals surface area (Å²) < 4.78 is 79.2. The van der Waals surface area contributed by atoms with Crippen LogP contribution in [0.4, 0.5) is 22.0 Å². The first-order chi connectivity index (χ1) is 20.6. The molecule has 0 radical (unpaired) electrons. The molecule has 0 atom stereocenters. The van der Waals surface area contributed by atoms with Gasteiger partial charge in [-0.1, -0.05) is 86.0 Å². The highest BCUT2D eigenvalue weighted by atomic mass is 35.5. The van der Waals surface area contributed by atoms with E-state index in [1.165, 1.54) is 42.5 Å². The fourth-order valence-corrected chi connectivity index (χ4v) is 5.95. The van der Waals surface area contributed by atoms with E-state index in [-0.39, 0.29) is 27.6 Å². The van der Waals surface area contributed by atoms with Crippen LogP contribution in [-0.2, 0) is 17.3 Å². The first-order valence-corrected chi connectivity index (χ1v) is 15.2. The number of rotatable bonds is 10. The van der Waals surface area contributed by atoms with Gasteiger partial charge in [0.1, 0.15) is 17.5 Å². The quantitative estimate of drug-likeness (QED) is 0.128. The van der Waals surface area contributed by atoms with Crippen LogP contribution >= 0.6 is 11.6 Å². The summed E-state index contributed by atoms with van der Waals surface area (Å²) in [5.74, 6) is -1.74. The van der Waals surface area contributed by atoms with Crippen LogP contribution in [0.3, 0.4) is 0 Å². The Morgan fingerprint density at radius 3 is 1.93 bits per heavy atom. The Morgan fingerprint density at radius 2 is 1.33 bits per heavy atom. The van der Waals surface area contributed by atoms with Crippen molar-refractivity contribution >= 4 is 11.6 Å². The Balaban J connectivity index is 1.19. The third-order valence-corrected chi connectivity index (χ3v) is 8.63. The summed E-state index contributed by atoms with van der Waals surface area (Å²) in [6.45, 7) is 2.13. The SMILES string of the molecule is CCCCCc1ccc(C(F)(F)OC2CCC(c3ccc(-c4ccc(-c5ccc(Cl)c(F)c5)c(F)c4)c(F)c3)CC2)cc1. The molecular formula is C36H34ClF5O. The Kier molecular flexibility index (Phi) is 9.88. The predicted octanol–water partition coefficient (Wildman–Crippen LogP) is 11.6. The first kappa shape index (κ1) is 31.2. The lowest BCUT2D eigenvalue weighted by molar-refractivity contribution is -0.277. The highest BCUT2D eigenvalue weighted by Gasteiger charge is 2.37. The van der Waals surface area contributed by atoms with Crippen molar-refractivity contribution in [3.8, 4) is 22.3 Å². The van der Waals surface area contributed by atoms with Gasteiger partial charge in [-0.15, -0.1) is 0 Å². The molecule has 0 aliphatic heterocycles. The van der Waals surface area contributed by atoms with Gasteiger partial charge in [0, 0.05) is 11.1 Å². The Hall–Kier alpha value is -3.22. The number of unbranched alkanes of at least 4 members (excludes halogenated alkanes) is 2. The zero-order valence-corrected chi connectivity index (χ0v) is 24.7. The minimum atomic E-state index is -3.38. The summed E-state index contributed by atoms with van der Waals surface area (Å²) in [6, 6.07) is 19.6. The van der Waals surface area contributed by atoms with Crippen molar-refractivity contribution in [3.63, 3.8) is 0 Å². The second-order valence-corrected chi connectivity index (χ2v) is 11.7. The van der Waals surface area contributed by atoms with Crippen molar-refractivity contribution in [2.75, 3.05) is 0 Å². The van der Waals surface area contributed by atoms with Crippen LogP contribution in [0.2, 0.25) is 5.02 Å². The lowest BCUT2D eigenvalue weighted by atomic mass is 9.82. The summed E-state index contributed by atoms with van der Waals surface area (Å²) in [7, 11) is 0. The van der Waals surface area contributed by atoms with E-state index in [4.69, 9.17) is 16.3 Å². The van der Waals surface area contributed by atoms with Crippen LogP contribution in [0, 0.1) is 17.5 Å². The van der Waals surface area contributed by atoms with Crippen molar-refractivity contribution in [3.05, 3.63) is 118 Å². The summed E-state index contributed by atoms with van der Waals surface area (Å²) in [4.78, 5) is 0. The third-order valence-electron chi connectivity index (χ3n) is 8.32. The van der Waals surface area contributed by atoms with Crippen molar-refractivity contribution in [2.24, 2.45) is 0 Å². The molecule has 0 bridgehead atoms. The minimum Gasteiger partial charge on any atom is -0.313 e. The largest absolute Gasteiger partial charge is 0.383 e. The van der Waals surface area contributed by atoms with Gasteiger partial charge in [-0.3, -0.25) is 0 Å². The van der Waals surface area contributed by atoms with E-state index in [1.807, 2.05) is 0 Å². The van der Waals surface area contributed by atoms with Crippen LogP contribution in [0.25, 0.3) is 22.3 Å². The van der Waals surface area contributed by atoms with Gasteiger partial charge in [-0.25, -0.2) is 13.2 Å². The standard InChI is InChI=1S/C36H34ClF5O/c1-2-3-4-5-23-6-13-28(14-7-23)36(41,42)43-29-15-8-24(9-16-29)25-10-17-30(33(38)20-25)26-11-18-31(34(39)21-26)27-12-19-32(37)35(40)22-27/h6-7,10-14,17-22,24,29H,2-5,8-9,15-16H2,1H3. The maximum Gasteiger partial charge on any atom is 0.383 e.